The fourth-order valence-corrected chi connectivity index (χ4v) is 8.29. The summed E-state index contributed by atoms with van der Waals surface area (Å²) in [5.41, 5.74) is 9.55. The number of ether oxygens (including phenoxy) is 2. The standard InChI is InChI=1S/C24H16ClN7OS.C13H12N6O.C12H10ClNOS2/c1-34-22-20(14-26)21(15-2-4-16(25)5-3-15)32-24(29-22)30-23(31-32)28-17-6-8-18(9-7-17)33-19-10-12-27-13-11-19;14-12-17-13(19-18-12)16-9-1-3-10(4-2-9)20-11-5-7-15-8-6-11;1-16-12(17-2)10(7-14)11(15)8-3-5-9(13)6-4-8/h2-13H,1H3,(H,28,31);1-8H,(H4,14,16,17,18,19);3-6H,1-2H3. The molecule has 5 heterocycles. The maximum absolute atomic E-state index is 12.1. The van der Waals surface area contributed by atoms with Gasteiger partial charge in [-0.25, -0.2) is 10.1 Å². The van der Waals surface area contributed by atoms with Gasteiger partial charge >= 0.3 is 0 Å². The average Bonchev–Trinajstić information content (AvgIpc) is 4.01. The van der Waals surface area contributed by atoms with E-state index in [0.29, 0.717) is 61.1 Å². The molecule has 5 N–H and O–H groups in total. The molecule has 0 aliphatic rings. The molecule has 0 atom stereocenters. The molecule has 17 nitrogen and oxygen atoms in total. The van der Waals surface area contributed by atoms with Crippen molar-refractivity contribution in [3.05, 3.63) is 177 Å². The van der Waals surface area contributed by atoms with Crippen molar-refractivity contribution < 1.29 is 14.3 Å². The van der Waals surface area contributed by atoms with E-state index < -0.39 is 0 Å². The molecule has 0 saturated carbocycles. The third kappa shape index (κ3) is 13.8. The third-order valence-corrected chi connectivity index (χ3v) is 12.7. The lowest BCUT2D eigenvalue weighted by atomic mass is 10.1. The number of nitrogens with one attached hydrogen (secondary N) is 3. The highest BCUT2D eigenvalue weighted by Gasteiger charge is 2.20. The average molecular weight is 1040 g/mol. The highest BCUT2D eigenvalue weighted by Crippen LogP contribution is 2.33. The number of Topliss-reactive ketones (excluding diaryl/α,β-unsaturated/α-hetero) is 1. The molecule has 0 amide bonds. The summed E-state index contributed by atoms with van der Waals surface area (Å²) in [6.07, 6.45) is 12.3. The van der Waals surface area contributed by atoms with E-state index in [1.165, 1.54) is 35.3 Å². The quantitative estimate of drug-likeness (QED) is 0.0260. The summed E-state index contributed by atoms with van der Waals surface area (Å²) in [4.78, 5) is 33.0. The Kier molecular flexibility index (Phi) is 17.8. The maximum atomic E-state index is 12.1. The first-order valence-electron chi connectivity index (χ1n) is 20.7. The van der Waals surface area contributed by atoms with Crippen LogP contribution in [0.3, 0.4) is 0 Å². The van der Waals surface area contributed by atoms with E-state index in [1.807, 2.05) is 85.5 Å². The number of fused-ring (bicyclic) bond motifs is 1. The number of rotatable bonds is 14. The van der Waals surface area contributed by atoms with Gasteiger partial charge in [0.25, 0.3) is 5.78 Å². The maximum Gasteiger partial charge on any atom is 0.255 e. The normalized spacial score (nSPS) is 10.3. The van der Waals surface area contributed by atoms with Gasteiger partial charge in [0.1, 0.15) is 51.3 Å². The Morgan fingerprint density at radius 2 is 1.18 bits per heavy atom. The van der Waals surface area contributed by atoms with E-state index in [1.54, 1.807) is 90.0 Å². The van der Waals surface area contributed by atoms with Gasteiger partial charge in [-0.3, -0.25) is 14.8 Å². The minimum absolute atomic E-state index is 0.187. The summed E-state index contributed by atoms with van der Waals surface area (Å²) in [5.74, 6) is 4.03. The number of carbonyl (C=O) groups is 1. The SMILES string of the molecule is CSC(SC)=C(C#N)C(=O)c1ccc(Cl)cc1.CSc1nc2nc(Nc3ccc(Oc4ccncc4)cc3)nn2c(-c2ccc(Cl)cc2)c1C#N.Nc1nc(Nc2ccc(Oc3ccncc3)cc2)n[nH]1. The summed E-state index contributed by atoms with van der Waals surface area (Å²) >= 11 is 16.0. The Bertz CT molecular complexity index is 3330. The Labute approximate surface area is 429 Å². The second kappa shape index (κ2) is 25.0. The first-order chi connectivity index (χ1) is 34.6. The number of nitriles is 2. The summed E-state index contributed by atoms with van der Waals surface area (Å²) in [7, 11) is 0. The van der Waals surface area contributed by atoms with Gasteiger partial charge in [-0.1, -0.05) is 35.3 Å². The number of thioether (sulfide) groups is 3. The number of anilines is 5. The fourth-order valence-electron chi connectivity index (χ4n) is 6.16. The number of benzene rings is 4. The summed E-state index contributed by atoms with van der Waals surface area (Å²) in [6.45, 7) is 0. The van der Waals surface area contributed by atoms with Crippen molar-refractivity contribution in [1.29, 1.82) is 10.5 Å². The second-order valence-electron chi connectivity index (χ2n) is 14.0. The van der Waals surface area contributed by atoms with E-state index in [9.17, 15) is 10.1 Å². The largest absolute Gasteiger partial charge is 0.457 e. The molecule has 5 aromatic heterocycles. The van der Waals surface area contributed by atoms with Crippen LogP contribution in [-0.2, 0) is 0 Å². The monoisotopic (exact) mass is 1040 g/mol. The topological polar surface area (TPSA) is 244 Å². The molecule has 0 saturated heterocycles. The van der Waals surface area contributed by atoms with Crippen molar-refractivity contribution in [2.75, 3.05) is 35.1 Å². The van der Waals surface area contributed by atoms with Gasteiger partial charge in [0, 0.05) is 57.3 Å². The van der Waals surface area contributed by atoms with Gasteiger partial charge in [-0.2, -0.15) is 25.0 Å². The number of aromatic amines is 1. The molecule has 4 aromatic carbocycles. The fraction of sp³-hybridized carbons (Fsp3) is 0.0612. The zero-order valence-electron chi connectivity index (χ0n) is 37.6. The summed E-state index contributed by atoms with van der Waals surface area (Å²) in [5, 5.41) is 37.9. The van der Waals surface area contributed by atoms with Crippen LogP contribution in [-0.4, -0.2) is 69.3 Å². The highest BCUT2D eigenvalue weighted by molar-refractivity contribution is 8.21. The lowest BCUT2D eigenvalue weighted by Crippen LogP contribution is -2.03. The van der Waals surface area contributed by atoms with E-state index in [0.717, 1.165) is 32.7 Å². The first-order valence-corrected chi connectivity index (χ1v) is 25.1. The molecule has 9 aromatic rings. The number of ketones is 1. The number of halogens is 2. The van der Waals surface area contributed by atoms with Crippen molar-refractivity contribution in [2.45, 2.75) is 5.03 Å². The first kappa shape index (κ1) is 50.8. The molecule has 71 heavy (non-hydrogen) atoms. The van der Waals surface area contributed by atoms with E-state index >= 15 is 0 Å². The van der Waals surface area contributed by atoms with Crippen molar-refractivity contribution in [3.63, 3.8) is 0 Å². The molecular weight excluding hydrogens is 1000 g/mol. The van der Waals surface area contributed by atoms with Crippen LogP contribution in [0.15, 0.2) is 161 Å². The molecule has 0 aliphatic carbocycles. The van der Waals surface area contributed by atoms with Crippen LogP contribution >= 0.6 is 58.5 Å². The Morgan fingerprint density at radius 3 is 1.65 bits per heavy atom. The molecule has 354 valence electrons. The molecular formula is C49H38Cl2N14O3S3. The molecule has 0 bridgehead atoms. The number of nitrogens with two attached hydrogens (primary N) is 1. The van der Waals surface area contributed by atoms with Crippen LogP contribution < -0.4 is 25.8 Å². The number of H-pyrrole nitrogens is 1. The minimum atomic E-state index is -0.261. The van der Waals surface area contributed by atoms with Crippen LogP contribution in [0.5, 0.6) is 23.0 Å². The number of hydrogen-bond donors (Lipinski definition) is 4. The van der Waals surface area contributed by atoms with Gasteiger partial charge in [0.2, 0.25) is 23.6 Å². The van der Waals surface area contributed by atoms with Crippen LogP contribution in [0, 0.1) is 22.7 Å². The molecule has 0 unspecified atom stereocenters. The number of nitrogen functional groups attached to an aromatic ring is 1. The molecule has 0 radical (unpaired) electrons. The van der Waals surface area contributed by atoms with Crippen LogP contribution in [0.25, 0.3) is 17.0 Å². The highest BCUT2D eigenvalue weighted by atomic mass is 35.5. The van der Waals surface area contributed by atoms with Crippen molar-refractivity contribution in [3.8, 4) is 46.4 Å². The lowest BCUT2D eigenvalue weighted by Gasteiger charge is -2.09. The third-order valence-electron chi connectivity index (χ3n) is 9.39. The number of pyridine rings is 2. The smallest absolute Gasteiger partial charge is 0.255 e. The zero-order valence-corrected chi connectivity index (χ0v) is 41.6. The Morgan fingerprint density at radius 1 is 0.676 bits per heavy atom. The molecule has 9 rings (SSSR count). The van der Waals surface area contributed by atoms with E-state index in [2.05, 4.69) is 56.9 Å². The van der Waals surface area contributed by atoms with Crippen LogP contribution in [0.4, 0.5) is 29.2 Å². The Hall–Kier alpha value is -8.11. The van der Waals surface area contributed by atoms with Gasteiger partial charge in [0.05, 0.1) is 9.93 Å². The zero-order chi connectivity index (χ0) is 50.1. The van der Waals surface area contributed by atoms with Gasteiger partial charge < -0.3 is 25.8 Å². The van der Waals surface area contributed by atoms with Crippen molar-refractivity contribution in [1.82, 2.24) is 44.7 Å². The number of aromatic nitrogens is 9. The number of allylic oxidation sites excluding steroid dienone is 1. The molecule has 22 heteroatoms. The lowest BCUT2D eigenvalue weighted by molar-refractivity contribution is 0.103. The van der Waals surface area contributed by atoms with Crippen LogP contribution in [0.2, 0.25) is 10.0 Å². The van der Waals surface area contributed by atoms with Gasteiger partial charge in [-0.05, 0) is 128 Å². The Balaban J connectivity index is 0.000000171. The summed E-state index contributed by atoms with van der Waals surface area (Å²) < 4.78 is 13.8. The number of hydrogen-bond acceptors (Lipinski definition) is 18. The van der Waals surface area contributed by atoms with Gasteiger partial charge in [0.15, 0.2) is 0 Å². The number of carbonyl (C=O) groups excluding carboxylic acids is 1. The predicted molar refractivity (Wildman–Crippen MR) is 282 cm³/mol. The van der Waals surface area contributed by atoms with E-state index in [4.69, 9.17) is 43.7 Å². The van der Waals surface area contributed by atoms with Gasteiger partial charge in [-0.15, -0.1) is 45.5 Å². The van der Waals surface area contributed by atoms with E-state index in [-0.39, 0.29) is 17.3 Å². The second-order valence-corrected chi connectivity index (χ2v) is 17.6. The molecule has 0 spiro atoms. The molecule has 0 aliphatic heterocycles. The summed E-state index contributed by atoms with van der Waals surface area (Å²) in [6, 6.07) is 40.0. The van der Waals surface area contributed by atoms with Crippen molar-refractivity contribution >= 4 is 99.3 Å². The number of nitrogens with zero attached hydrogens (tertiary/aromatic N) is 10. The predicted octanol–water partition coefficient (Wildman–Crippen LogP) is 12.3. The minimum Gasteiger partial charge on any atom is -0.457 e. The van der Waals surface area contributed by atoms with Crippen LogP contribution in [0.1, 0.15) is 15.9 Å². The molecule has 0 fully saturated rings. The van der Waals surface area contributed by atoms with Crippen molar-refractivity contribution in [2.24, 2.45) is 0 Å².